The van der Waals surface area contributed by atoms with Gasteiger partial charge in [0.05, 0.1) is 0 Å². The molecule has 0 aliphatic carbocycles. The van der Waals surface area contributed by atoms with Crippen molar-refractivity contribution in [3.63, 3.8) is 0 Å². The number of piperidine rings is 1. The Bertz CT molecular complexity index is 1040. The minimum atomic E-state index is 0.254. The van der Waals surface area contributed by atoms with Crippen molar-refractivity contribution in [2.24, 2.45) is 0 Å². The van der Waals surface area contributed by atoms with Crippen LogP contribution in [0.3, 0.4) is 0 Å². The highest BCUT2D eigenvalue weighted by Gasteiger charge is 2.33. The number of rotatable bonds is 6. The van der Waals surface area contributed by atoms with Gasteiger partial charge in [0.2, 0.25) is 0 Å². The second-order valence-electron chi connectivity index (χ2n) is 9.62. The number of hydrogen-bond acceptors (Lipinski definition) is 6. The van der Waals surface area contributed by atoms with Gasteiger partial charge in [0.25, 0.3) is 0 Å². The Kier molecular flexibility index (Phi) is 6.97. The maximum absolute atomic E-state index is 9.69. The van der Waals surface area contributed by atoms with Crippen LogP contribution in [-0.2, 0) is 6.54 Å². The molecule has 0 saturated carbocycles. The van der Waals surface area contributed by atoms with E-state index in [1.807, 2.05) is 12.4 Å². The quantitative estimate of drug-likeness (QED) is 0.629. The minimum absolute atomic E-state index is 0.254. The summed E-state index contributed by atoms with van der Waals surface area (Å²) in [6, 6.07) is 15.8. The van der Waals surface area contributed by atoms with E-state index in [9.17, 15) is 5.11 Å². The molecule has 1 N–H and O–H groups in total. The molecule has 3 aromatic rings. The first-order chi connectivity index (χ1) is 16.2. The Labute approximate surface area is 196 Å². The van der Waals surface area contributed by atoms with Gasteiger partial charge in [0.15, 0.2) is 5.82 Å². The van der Waals surface area contributed by atoms with Crippen molar-refractivity contribution in [3.05, 3.63) is 60.4 Å². The van der Waals surface area contributed by atoms with Gasteiger partial charge in [-0.3, -0.25) is 9.80 Å². The second-order valence-corrected chi connectivity index (χ2v) is 9.62. The van der Waals surface area contributed by atoms with Gasteiger partial charge in [-0.15, -0.1) is 0 Å². The first-order valence-electron chi connectivity index (χ1n) is 12.3. The molecule has 2 aliphatic rings. The fraction of sp³-hybridized carbons (Fsp3) is 0.481. The molecule has 174 valence electrons. The molecule has 6 heteroatoms. The average Bonchev–Trinajstić information content (AvgIpc) is 2.85. The summed E-state index contributed by atoms with van der Waals surface area (Å²) >= 11 is 0. The van der Waals surface area contributed by atoms with Crippen LogP contribution < -0.4 is 0 Å². The van der Waals surface area contributed by atoms with Gasteiger partial charge in [-0.05, 0) is 50.2 Å². The largest absolute Gasteiger partial charge is 0.396 e. The number of likely N-dealkylation sites (tertiary alicyclic amines) is 1. The molecule has 3 heterocycles. The summed E-state index contributed by atoms with van der Waals surface area (Å²) in [6.07, 6.45) is 7.28. The standard InChI is InChI=1S/C27H35N5O/c1-30-12-9-23(10-13-30)32-15-14-31(20-24(32)11-16-33)19-21-17-28-27(29-18-21)26-8-4-6-22-5-2-3-7-25(22)26/h2-8,17-18,23-24,33H,9-16,19-20H2,1H3. The normalized spacial score (nSPS) is 21.6. The van der Waals surface area contributed by atoms with Crippen LogP contribution in [0.25, 0.3) is 22.2 Å². The van der Waals surface area contributed by atoms with E-state index in [1.165, 1.54) is 36.7 Å². The van der Waals surface area contributed by atoms with Crippen molar-refractivity contribution in [1.29, 1.82) is 0 Å². The van der Waals surface area contributed by atoms with E-state index in [1.54, 1.807) is 0 Å². The topological polar surface area (TPSA) is 55.7 Å². The SMILES string of the molecule is CN1CCC(N2CCN(Cc3cnc(-c4cccc5ccccc45)nc3)CC2CCO)CC1. The van der Waals surface area contributed by atoms with Crippen LogP contribution in [-0.4, -0.2) is 88.2 Å². The number of aliphatic hydroxyl groups is 1. The average molecular weight is 446 g/mol. The van der Waals surface area contributed by atoms with Gasteiger partial charge in [-0.1, -0.05) is 42.5 Å². The van der Waals surface area contributed by atoms with E-state index in [-0.39, 0.29) is 6.61 Å². The van der Waals surface area contributed by atoms with Gasteiger partial charge >= 0.3 is 0 Å². The first kappa shape index (κ1) is 22.4. The van der Waals surface area contributed by atoms with Crippen molar-refractivity contribution in [2.75, 3.05) is 46.4 Å². The molecule has 6 nitrogen and oxygen atoms in total. The second kappa shape index (κ2) is 10.3. The lowest BCUT2D eigenvalue weighted by Gasteiger charge is -2.47. The van der Waals surface area contributed by atoms with Crippen LogP contribution in [0.2, 0.25) is 0 Å². The number of nitrogens with zero attached hydrogens (tertiary/aromatic N) is 5. The molecular weight excluding hydrogens is 410 g/mol. The van der Waals surface area contributed by atoms with Crippen LogP contribution in [0.5, 0.6) is 0 Å². The number of piperazine rings is 1. The summed E-state index contributed by atoms with van der Waals surface area (Å²) in [5.41, 5.74) is 2.23. The predicted octanol–water partition coefficient (Wildman–Crippen LogP) is 3.26. The minimum Gasteiger partial charge on any atom is -0.396 e. The highest BCUT2D eigenvalue weighted by Crippen LogP contribution is 2.27. The van der Waals surface area contributed by atoms with Gasteiger partial charge in [-0.2, -0.15) is 0 Å². The maximum Gasteiger partial charge on any atom is 0.159 e. The van der Waals surface area contributed by atoms with Crippen molar-refractivity contribution < 1.29 is 5.11 Å². The summed E-state index contributed by atoms with van der Waals surface area (Å²) in [4.78, 5) is 17.1. The van der Waals surface area contributed by atoms with Gasteiger partial charge < -0.3 is 10.0 Å². The third-order valence-electron chi connectivity index (χ3n) is 7.37. The third-order valence-corrected chi connectivity index (χ3v) is 7.37. The molecule has 2 fully saturated rings. The van der Waals surface area contributed by atoms with Crippen LogP contribution in [0.15, 0.2) is 54.9 Å². The Hall–Kier alpha value is -2.38. The maximum atomic E-state index is 9.69. The Balaban J connectivity index is 1.25. The third kappa shape index (κ3) is 5.09. The predicted molar refractivity (Wildman–Crippen MR) is 133 cm³/mol. The van der Waals surface area contributed by atoms with Crippen molar-refractivity contribution >= 4 is 10.8 Å². The molecule has 2 saturated heterocycles. The highest BCUT2D eigenvalue weighted by molar-refractivity contribution is 5.94. The van der Waals surface area contributed by atoms with E-state index in [2.05, 4.69) is 64.2 Å². The molecule has 1 atom stereocenters. The number of aromatic nitrogens is 2. The van der Waals surface area contributed by atoms with Gasteiger partial charge in [0.1, 0.15) is 0 Å². The lowest BCUT2D eigenvalue weighted by atomic mass is 9.98. The molecule has 5 rings (SSSR count). The van der Waals surface area contributed by atoms with E-state index < -0.39 is 0 Å². The molecule has 0 spiro atoms. The molecule has 0 amide bonds. The Morgan fingerprint density at radius 1 is 0.939 bits per heavy atom. The number of hydrogen-bond donors (Lipinski definition) is 1. The summed E-state index contributed by atoms with van der Waals surface area (Å²) in [5.74, 6) is 0.779. The summed E-state index contributed by atoms with van der Waals surface area (Å²) in [6.45, 7) is 6.60. The van der Waals surface area contributed by atoms with Crippen LogP contribution >= 0.6 is 0 Å². The smallest absolute Gasteiger partial charge is 0.159 e. The Morgan fingerprint density at radius 3 is 2.48 bits per heavy atom. The first-order valence-corrected chi connectivity index (χ1v) is 12.3. The summed E-state index contributed by atoms with van der Waals surface area (Å²) < 4.78 is 0. The van der Waals surface area contributed by atoms with E-state index in [4.69, 9.17) is 9.97 Å². The zero-order valence-electron chi connectivity index (χ0n) is 19.6. The van der Waals surface area contributed by atoms with E-state index in [0.717, 1.165) is 49.6 Å². The lowest BCUT2D eigenvalue weighted by molar-refractivity contribution is 0.00594. The molecule has 0 bridgehead atoms. The fourth-order valence-electron chi connectivity index (χ4n) is 5.54. The molecule has 0 radical (unpaired) electrons. The molecule has 1 aromatic heterocycles. The monoisotopic (exact) mass is 445 g/mol. The molecule has 2 aromatic carbocycles. The zero-order valence-corrected chi connectivity index (χ0v) is 19.6. The van der Waals surface area contributed by atoms with E-state index >= 15 is 0 Å². The summed E-state index contributed by atoms with van der Waals surface area (Å²) in [7, 11) is 2.22. The molecule has 1 unspecified atom stereocenters. The number of benzene rings is 2. The zero-order chi connectivity index (χ0) is 22.6. The van der Waals surface area contributed by atoms with Crippen molar-refractivity contribution in [3.8, 4) is 11.4 Å². The molecule has 33 heavy (non-hydrogen) atoms. The number of aliphatic hydroxyl groups excluding tert-OH is 1. The van der Waals surface area contributed by atoms with Crippen molar-refractivity contribution in [2.45, 2.75) is 37.9 Å². The van der Waals surface area contributed by atoms with Crippen molar-refractivity contribution in [1.82, 2.24) is 24.7 Å². The summed E-state index contributed by atoms with van der Waals surface area (Å²) in [5, 5.41) is 12.1. The van der Waals surface area contributed by atoms with Gasteiger partial charge in [-0.25, -0.2) is 9.97 Å². The van der Waals surface area contributed by atoms with E-state index in [0.29, 0.717) is 12.1 Å². The molecular formula is C27H35N5O. The Morgan fingerprint density at radius 2 is 1.70 bits per heavy atom. The highest BCUT2D eigenvalue weighted by atomic mass is 16.3. The van der Waals surface area contributed by atoms with Crippen LogP contribution in [0.4, 0.5) is 0 Å². The lowest BCUT2D eigenvalue weighted by Crippen LogP contribution is -2.58. The molecule has 2 aliphatic heterocycles. The van der Waals surface area contributed by atoms with Crippen LogP contribution in [0.1, 0.15) is 24.8 Å². The number of fused-ring (bicyclic) bond motifs is 1. The fourth-order valence-corrected chi connectivity index (χ4v) is 5.54. The van der Waals surface area contributed by atoms with Gasteiger partial charge in [0, 0.05) is 68.4 Å². The van der Waals surface area contributed by atoms with Crippen LogP contribution in [0, 0.1) is 0 Å².